The molecule has 0 bridgehead atoms. The molecule has 0 saturated heterocycles. The van der Waals surface area contributed by atoms with Gasteiger partial charge in [-0.05, 0) is 42.3 Å². The summed E-state index contributed by atoms with van der Waals surface area (Å²) in [5.41, 5.74) is 2.80. The van der Waals surface area contributed by atoms with Crippen molar-refractivity contribution >= 4 is 10.8 Å². The highest BCUT2D eigenvalue weighted by Gasteiger charge is 2.12. The second kappa shape index (κ2) is 6.01. The number of aryl methyl sites for hydroxylation is 1. The predicted octanol–water partition coefficient (Wildman–Crippen LogP) is 4.60. The van der Waals surface area contributed by atoms with E-state index in [9.17, 15) is 0 Å². The SMILES string of the molecule is CCCCC(NC)c1ccc(C)c2ccccc12. The van der Waals surface area contributed by atoms with E-state index < -0.39 is 0 Å². The highest BCUT2D eigenvalue weighted by Crippen LogP contribution is 2.29. The Morgan fingerprint density at radius 2 is 1.78 bits per heavy atom. The molecule has 0 aliphatic rings. The molecule has 0 saturated carbocycles. The Balaban J connectivity index is 2.46. The zero-order chi connectivity index (χ0) is 13.0. The second-order valence-corrected chi connectivity index (χ2v) is 5.00. The lowest BCUT2D eigenvalue weighted by Gasteiger charge is -2.19. The van der Waals surface area contributed by atoms with Crippen molar-refractivity contribution in [1.82, 2.24) is 5.32 Å². The molecule has 2 aromatic rings. The minimum atomic E-state index is 0.468. The molecule has 0 fully saturated rings. The average Bonchev–Trinajstić information content (AvgIpc) is 2.42. The minimum Gasteiger partial charge on any atom is -0.313 e. The minimum absolute atomic E-state index is 0.468. The Kier molecular flexibility index (Phi) is 4.38. The van der Waals surface area contributed by atoms with Crippen LogP contribution in [0.4, 0.5) is 0 Å². The summed E-state index contributed by atoms with van der Waals surface area (Å²) in [6.07, 6.45) is 3.73. The fourth-order valence-corrected chi connectivity index (χ4v) is 2.64. The van der Waals surface area contributed by atoms with E-state index in [1.54, 1.807) is 0 Å². The summed E-state index contributed by atoms with van der Waals surface area (Å²) in [6.45, 7) is 4.44. The Hall–Kier alpha value is -1.34. The summed E-state index contributed by atoms with van der Waals surface area (Å²) in [5.74, 6) is 0. The first kappa shape index (κ1) is 13.1. The summed E-state index contributed by atoms with van der Waals surface area (Å²) in [4.78, 5) is 0. The van der Waals surface area contributed by atoms with Crippen molar-refractivity contribution in [2.24, 2.45) is 0 Å². The highest BCUT2D eigenvalue weighted by molar-refractivity contribution is 5.88. The van der Waals surface area contributed by atoms with Crippen LogP contribution in [0.3, 0.4) is 0 Å². The van der Waals surface area contributed by atoms with Gasteiger partial charge in [-0.1, -0.05) is 56.2 Å². The molecule has 1 nitrogen and oxygen atoms in total. The zero-order valence-electron chi connectivity index (χ0n) is 11.7. The number of benzene rings is 2. The van der Waals surface area contributed by atoms with Gasteiger partial charge in [-0.15, -0.1) is 0 Å². The third kappa shape index (κ3) is 2.56. The number of fused-ring (bicyclic) bond motifs is 1. The second-order valence-electron chi connectivity index (χ2n) is 5.00. The van der Waals surface area contributed by atoms with Gasteiger partial charge in [-0.2, -0.15) is 0 Å². The van der Waals surface area contributed by atoms with Crippen LogP contribution in [-0.4, -0.2) is 7.05 Å². The van der Waals surface area contributed by atoms with Crippen molar-refractivity contribution in [3.05, 3.63) is 47.5 Å². The predicted molar refractivity (Wildman–Crippen MR) is 80.0 cm³/mol. The highest BCUT2D eigenvalue weighted by atomic mass is 14.9. The number of unbranched alkanes of at least 4 members (excludes halogenated alkanes) is 1. The van der Waals surface area contributed by atoms with E-state index >= 15 is 0 Å². The summed E-state index contributed by atoms with van der Waals surface area (Å²) in [7, 11) is 2.06. The fraction of sp³-hybridized carbons (Fsp3) is 0.412. The largest absolute Gasteiger partial charge is 0.313 e. The normalized spacial score (nSPS) is 12.8. The Bertz CT molecular complexity index is 516. The van der Waals surface area contributed by atoms with Crippen molar-refractivity contribution < 1.29 is 0 Å². The molecular formula is C17H23N. The van der Waals surface area contributed by atoms with Crippen LogP contribution >= 0.6 is 0 Å². The van der Waals surface area contributed by atoms with E-state index in [1.807, 2.05) is 0 Å². The summed E-state index contributed by atoms with van der Waals surface area (Å²) in [5, 5.41) is 6.24. The van der Waals surface area contributed by atoms with Crippen LogP contribution < -0.4 is 5.32 Å². The molecule has 1 atom stereocenters. The van der Waals surface area contributed by atoms with Gasteiger partial charge >= 0.3 is 0 Å². The van der Waals surface area contributed by atoms with Gasteiger partial charge in [0.15, 0.2) is 0 Å². The lowest BCUT2D eigenvalue weighted by molar-refractivity contribution is 0.526. The molecule has 0 aliphatic carbocycles. The van der Waals surface area contributed by atoms with Gasteiger partial charge in [-0.3, -0.25) is 0 Å². The first-order valence-corrected chi connectivity index (χ1v) is 6.93. The van der Waals surface area contributed by atoms with E-state index in [0.29, 0.717) is 6.04 Å². The monoisotopic (exact) mass is 241 g/mol. The van der Waals surface area contributed by atoms with Crippen LogP contribution in [0.5, 0.6) is 0 Å². The molecule has 0 aromatic heterocycles. The Labute approximate surface area is 110 Å². The van der Waals surface area contributed by atoms with E-state index in [1.165, 1.54) is 41.2 Å². The summed E-state index contributed by atoms with van der Waals surface area (Å²) >= 11 is 0. The number of nitrogens with one attached hydrogen (secondary N) is 1. The van der Waals surface area contributed by atoms with E-state index in [-0.39, 0.29) is 0 Å². The molecule has 2 rings (SSSR count). The van der Waals surface area contributed by atoms with Crippen molar-refractivity contribution in [2.45, 2.75) is 39.2 Å². The average molecular weight is 241 g/mol. The molecule has 0 amide bonds. The maximum absolute atomic E-state index is 3.46. The molecule has 96 valence electrons. The smallest absolute Gasteiger partial charge is 0.0323 e. The Morgan fingerprint density at radius 1 is 1.06 bits per heavy atom. The summed E-state index contributed by atoms with van der Waals surface area (Å²) in [6, 6.07) is 13.7. The molecule has 0 heterocycles. The van der Waals surface area contributed by atoms with Gasteiger partial charge < -0.3 is 5.32 Å². The van der Waals surface area contributed by atoms with Gasteiger partial charge in [0, 0.05) is 6.04 Å². The molecule has 0 radical (unpaired) electrons. The van der Waals surface area contributed by atoms with Crippen molar-refractivity contribution in [3.8, 4) is 0 Å². The van der Waals surface area contributed by atoms with Crippen LogP contribution in [0.2, 0.25) is 0 Å². The van der Waals surface area contributed by atoms with Crippen LogP contribution in [-0.2, 0) is 0 Å². The maximum atomic E-state index is 3.46. The van der Waals surface area contributed by atoms with Crippen LogP contribution in [0.15, 0.2) is 36.4 Å². The van der Waals surface area contributed by atoms with Gasteiger partial charge in [0.1, 0.15) is 0 Å². The van der Waals surface area contributed by atoms with Gasteiger partial charge in [-0.25, -0.2) is 0 Å². The first-order valence-electron chi connectivity index (χ1n) is 6.93. The molecule has 1 N–H and O–H groups in total. The third-order valence-corrected chi connectivity index (χ3v) is 3.75. The standard InChI is InChI=1S/C17H23N/c1-4-5-10-17(18-3)16-12-11-13(2)14-8-6-7-9-15(14)16/h6-9,11-12,17-18H,4-5,10H2,1-3H3. The zero-order valence-corrected chi connectivity index (χ0v) is 11.7. The van der Waals surface area contributed by atoms with E-state index in [2.05, 4.69) is 62.6 Å². The van der Waals surface area contributed by atoms with Gasteiger partial charge in [0.05, 0.1) is 0 Å². The van der Waals surface area contributed by atoms with Crippen LogP contribution in [0.25, 0.3) is 10.8 Å². The number of hydrogen-bond acceptors (Lipinski definition) is 1. The van der Waals surface area contributed by atoms with Gasteiger partial charge in [0.2, 0.25) is 0 Å². The Morgan fingerprint density at radius 3 is 2.44 bits per heavy atom. The van der Waals surface area contributed by atoms with E-state index in [4.69, 9.17) is 0 Å². The lowest BCUT2D eigenvalue weighted by Crippen LogP contribution is -2.16. The quantitative estimate of drug-likeness (QED) is 0.806. The molecule has 0 spiro atoms. The first-order chi connectivity index (χ1) is 8.77. The fourth-order valence-electron chi connectivity index (χ4n) is 2.64. The van der Waals surface area contributed by atoms with Crippen LogP contribution in [0, 0.1) is 6.92 Å². The molecule has 18 heavy (non-hydrogen) atoms. The third-order valence-electron chi connectivity index (χ3n) is 3.75. The molecule has 2 aromatic carbocycles. The van der Waals surface area contributed by atoms with Crippen molar-refractivity contribution in [2.75, 3.05) is 7.05 Å². The van der Waals surface area contributed by atoms with Crippen molar-refractivity contribution in [1.29, 1.82) is 0 Å². The molecular weight excluding hydrogens is 218 g/mol. The van der Waals surface area contributed by atoms with E-state index in [0.717, 1.165) is 0 Å². The molecule has 1 unspecified atom stereocenters. The van der Waals surface area contributed by atoms with Gasteiger partial charge in [0.25, 0.3) is 0 Å². The number of rotatable bonds is 5. The summed E-state index contributed by atoms with van der Waals surface area (Å²) < 4.78 is 0. The van der Waals surface area contributed by atoms with Crippen molar-refractivity contribution in [3.63, 3.8) is 0 Å². The number of hydrogen-bond donors (Lipinski definition) is 1. The maximum Gasteiger partial charge on any atom is 0.0323 e. The molecule has 1 heteroatoms. The lowest BCUT2D eigenvalue weighted by atomic mass is 9.93. The van der Waals surface area contributed by atoms with Crippen LogP contribution in [0.1, 0.15) is 43.4 Å². The topological polar surface area (TPSA) is 12.0 Å². The molecule has 0 aliphatic heterocycles.